The summed E-state index contributed by atoms with van der Waals surface area (Å²) in [5.41, 5.74) is 2.66. The molecule has 1 fully saturated rings. The van der Waals surface area contributed by atoms with E-state index in [4.69, 9.17) is 11.6 Å². The van der Waals surface area contributed by atoms with Crippen molar-refractivity contribution in [3.05, 3.63) is 28.8 Å². The Morgan fingerprint density at radius 1 is 1.33 bits per heavy atom. The van der Waals surface area contributed by atoms with Crippen LogP contribution in [-0.2, 0) is 6.54 Å². The van der Waals surface area contributed by atoms with Gasteiger partial charge < -0.3 is 10.2 Å². The van der Waals surface area contributed by atoms with Gasteiger partial charge in [0.15, 0.2) is 0 Å². The number of nitrogens with one attached hydrogen (secondary N) is 1. The number of halogens is 1. The molecule has 0 amide bonds. The van der Waals surface area contributed by atoms with Crippen molar-refractivity contribution in [3.63, 3.8) is 0 Å². The van der Waals surface area contributed by atoms with E-state index in [0.29, 0.717) is 0 Å². The fourth-order valence-electron chi connectivity index (χ4n) is 2.95. The van der Waals surface area contributed by atoms with E-state index in [-0.39, 0.29) is 5.54 Å². The first kappa shape index (κ1) is 16.6. The fourth-order valence-corrected chi connectivity index (χ4v) is 3.27. The molecule has 1 N–H and O–H groups in total. The second-order valence-electron chi connectivity index (χ2n) is 7.59. The van der Waals surface area contributed by atoms with E-state index in [1.54, 1.807) is 0 Å². The summed E-state index contributed by atoms with van der Waals surface area (Å²) in [5, 5.41) is 4.46. The molecule has 1 aromatic carbocycles. The third-order valence-corrected chi connectivity index (χ3v) is 4.67. The number of hydrogen-bond donors (Lipinski definition) is 1. The van der Waals surface area contributed by atoms with Gasteiger partial charge in [-0.3, -0.25) is 0 Å². The molecule has 1 saturated heterocycles. The lowest BCUT2D eigenvalue weighted by Gasteiger charge is -2.27. The summed E-state index contributed by atoms with van der Waals surface area (Å²) in [5.74, 6) is 1.53. The maximum atomic E-state index is 6.52. The number of benzene rings is 1. The van der Waals surface area contributed by atoms with Gasteiger partial charge >= 0.3 is 0 Å². The molecule has 0 bridgehead atoms. The quantitative estimate of drug-likeness (QED) is 0.866. The van der Waals surface area contributed by atoms with Gasteiger partial charge in [0.05, 0.1) is 10.7 Å². The van der Waals surface area contributed by atoms with Gasteiger partial charge in [-0.25, -0.2) is 0 Å². The topological polar surface area (TPSA) is 15.3 Å². The molecule has 1 atom stereocenters. The molecule has 118 valence electrons. The zero-order valence-electron chi connectivity index (χ0n) is 14.0. The Hall–Kier alpha value is -0.730. The molecule has 2 nitrogen and oxygen atoms in total. The van der Waals surface area contributed by atoms with Crippen LogP contribution in [0, 0.1) is 11.8 Å². The summed E-state index contributed by atoms with van der Waals surface area (Å²) in [6.45, 7) is 14.3. The first-order valence-corrected chi connectivity index (χ1v) is 8.43. The van der Waals surface area contributed by atoms with Crippen LogP contribution in [0.15, 0.2) is 18.2 Å². The highest BCUT2D eigenvalue weighted by Gasteiger charge is 2.27. The van der Waals surface area contributed by atoms with E-state index >= 15 is 0 Å². The lowest BCUT2D eigenvalue weighted by atomic mass is 9.95. The van der Waals surface area contributed by atoms with Crippen LogP contribution in [-0.4, -0.2) is 18.6 Å². The molecule has 0 aromatic heterocycles. The van der Waals surface area contributed by atoms with E-state index < -0.39 is 0 Å². The van der Waals surface area contributed by atoms with Gasteiger partial charge in [0.2, 0.25) is 0 Å². The Balaban J connectivity index is 2.18. The predicted octanol–water partition coefficient (Wildman–Crippen LogP) is 4.71. The summed E-state index contributed by atoms with van der Waals surface area (Å²) in [7, 11) is 0. The first-order chi connectivity index (χ1) is 9.78. The van der Waals surface area contributed by atoms with Crippen molar-refractivity contribution in [3.8, 4) is 0 Å². The molecule has 1 aromatic rings. The molecular weight excluding hydrogens is 280 g/mol. The SMILES string of the molecule is CC(C)C1CCN(c2c(Cl)cccc2CNC(C)(C)C)C1. The summed E-state index contributed by atoms with van der Waals surface area (Å²) >= 11 is 6.52. The third kappa shape index (κ3) is 4.37. The smallest absolute Gasteiger partial charge is 0.0642 e. The van der Waals surface area contributed by atoms with Crippen LogP contribution in [0.4, 0.5) is 5.69 Å². The molecule has 1 heterocycles. The molecule has 0 aliphatic carbocycles. The lowest BCUT2D eigenvalue weighted by molar-refractivity contribution is 0.421. The minimum Gasteiger partial charge on any atom is -0.370 e. The van der Waals surface area contributed by atoms with Gasteiger partial charge in [0.25, 0.3) is 0 Å². The molecule has 1 aliphatic rings. The molecule has 0 spiro atoms. The Bertz CT molecular complexity index is 477. The second-order valence-corrected chi connectivity index (χ2v) is 8.00. The fraction of sp³-hybridized carbons (Fsp3) is 0.667. The summed E-state index contributed by atoms with van der Waals surface area (Å²) < 4.78 is 0. The molecule has 2 rings (SSSR count). The molecule has 0 radical (unpaired) electrons. The van der Waals surface area contributed by atoms with E-state index in [9.17, 15) is 0 Å². The van der Waals surface area contributed by atoms with Crippen molar-refractivity contribution in [2.75, 3.05) is 18.0 Å². The van der Waals surface area contributed by atoms with Crippen LogP contribution in [0.2, 0.25) is 5.02 Å². The van der Waals surface area contributed by atoms with Gasteiger partial charge in [-0.05, 0) is 50.7 Å². The normalized spacial score (nSPS) is 19.6. The number of hydrogen-bond acceptors (Lipinski definition) is 2. The van der Waals surface area contributed by atoms with Gasteiger partial charge in [0, 0.05) is 25.2 Å². The third-order valence-electron chi connectivity index (χ3n) is 4.36. The van der Waals surface area contributed by atoms with Crippen molar-refractivity contribution in [2.24, 2.45) is 11.8 Å². The van der Waals surface area contributed by atoms with E-state index in [1.165, 1.54) is 17.7 Å². The van der Waals surface area contributed by atoms with Crippen molar-refractivity contribution in [1.29, 1.82) is 0 Å². The molecule has 21 heavy (non-hydrogen) atoms. The van der Waals surface area contributed by atoms with Crippen LogP contribution in [0.25, 0.3) is 0 Å². The van der Waals surface area contributed by atoms with Crippen LogP contribution in [0.5, 0.6) is 0 Å². The Labute approximate surface area is 134 Å². The van der Waals surface area contributed by atoms with Crippen LogP contribution < -0.4 is 10.2 Å². The first-order valence-electron chi connectivity index (χ1n) is 8.05. The molecule has 1 unspecified atom stereocenters. The number of nitrogens with zero attached hydrogens (tertiary/aromatic N) is 1. The average molecular weight is 309 g/mol. The van der Waals surface area contributed by atoms with Gasteiger partial charge in [-0.1, -0.05) is 37.6 Å². The molecule has 0 saturated carbocycles. The van der Waals surface area contributed by atoms with Crippen LogP contribution >= 0.6 is 11.6 Å². The average Bonchev–Trinajstić information content (AvgIpc) is 2.85. The number of rotatable bonds is 4. The van der Waals surface area contributed by atoms with Gasteiger partial charge in [0.1, 0.15) is 0 Å². The monoisotopic (exact) mass is 308 g/mol. The highest BCUT2D eigenvalue weighted by molar-refractivity contribution is 6.33. The number of anilines is 1. The summed E-state index contributed by atoms with van der Waals surface area (Å²) in [6, 6.07) is 6.27. The Kier molecular flexibility index (Phi) is 5.21. The van der Waals surface area contributed by atoms with E-state index in [1.807, 2.05) is 6.07 Å². The second kappa shape index (κ2) is 6.58. The number of para-hydroxylation sites is 1. The van der Waals surface area contributed by atoms with Crippen LogP contribution in [0.3, 0.4) is 0 Å². The van der Waals surface area contributed by atoms with Crippen molar-refractivity contribution in [2.45, 2.75) is 53.1 Å². The van der Waals surface area contributed by atoms with Crippen molar-refractivity contribution < 1.29 is 0 Å². The van der Waals surface area contributed by atoms with Gasteiger partial charge in [-0.15, -0.1) is 0 Å². The molecular formula is C18H29ClN2. The maximum Gasteiger partial charge on any atom is 0.0642 e. The Morgan fingerprint density at radius 3 is 2.62 bits per heavy atom. The van der Waals surface area contributed by atoms with Gasteiger partial charge in [-0.2, -0.15) is 0 Å². The standard InChI is InChI=1S/C18H29ClN2/c1-13(2)15-9-10-21(12-15)17-14(7-6-8-16(17)19)11-20-18(3,4)5/h6-8,13,15,20H,9-12H2,1-5H3. The van der Waals surface area contributed by atoms with Crippen molar-refractivity contribution >= 4 is 17.3 Å². The van der Waals surface area contributed by atoms with Crippen LogP contribution in [0.1, 0.15) is 46.6 Å². The molecule has 3 heteroatoms. The summed E-state index contributed by atoms with van der Waals surface area (Å²) in [4.78, 5) is 2.48. The van der Waals surface area contributed by atoms with Crippen molar-refractivity contribution in [1.82, 2.24) is 5.32 Å². The molecule has 1 aliphatic heterocycles. The predicted molar refractivity (Wildman–Crippen MR) is 93.2 cm³/mol. The zero-order valence-corrected chi connectivity index (χ0v) is 14.8. The maximum absolute atomic E-state index is 6.52. The minimum atomic E-state index is 0.116. The van der Waals surface area contributed by atoms with E-state index in [0.717, 1.165) is 36.5 Å². The minimum absolute atomic E-state index is 0.116. The largest absolute Gasteiger partial charge is 0.370 e. The Morgan fingerprint density at radius 2 is 2.05 bits per heavy atom. The van der Waals surface area contributed by atoms with E-state index in [2.05, 4.69) is 57.0 Å². The highest BCUT2D eigenvalue weighted by atomic mass is 35.5. The lowest BCUT2D eigenvalue weighted by Crippen LogP contribution is -2.35. The highest BCUT2D eigenvalue weighted by Crippen LogP contribution is 2.35. The summed E-state index contributed by atoms with van der Waals surface area (Å²) in [6.07, 6.45) is 1.27. The zero-order chi connectivity index (χ0) is 15.6.